The molecule has 6 heteroatoms. The van der Waals surface area contributed by atoms with Crippen molar-refractivity contribution in [2.24, 2.45) is 0 Å². The average molecular weight is 225 g/mol. The molecule has 0 unspecified atom stereocenters. The van der Waals surface area contributed by atoms with Gasteiger partial charge in [-0.2, -0.15) is 0 Å². The standard InChI is InChI=1S/K.4O.Sb/q+1;;3*-1;. The van der Waals surface area contributed by atoms with Crippen molar-refractivity contribution in [1.29, 1.82) is 0 Å². The number of hydrogen-bond donors (Lipinski definition) is 0. The summed E-state index contributed by atoms with van der Waals surface area (Å²) in [5, 5.41) is 0. The first-order valence-corrected chi connectivity index (χ1v) is 4.90. The van der Waals surface area contributed by atoms with Gasteiger partial charge in [0.25, 0.3) is 0 Å². The molecule has 32 valence electrons. The molecule has 4 nitrogen and oxygen atoms in total. The summed E-state index contributed by atoms with van der Waals surface area (Å²) in [4.78, 5) is 0. The van der Waals surface area contributed by atoms with Gasteiger partial charge in [0.15, 0.2) is 0 Å². The van der Waals surface area contributed by atoms with Crippen molar-refractivity contribution in [2.45, 2.75) is 0 Å². The van der Waals surface area contributed by atoms with Crippen LogP contribution in [0.15, 0.2) is 0 Å². The Bertz CT molecular complexity index is 53.7. The van der Waals surface area contributed by atoms with Crippen LogP contribution in [-0.4, -0.2) is 20.1 Å². The molecular weight excluding hydrogens is 225 g/mol. The molecule has 6 heavy (non-hydrogen) atoms. The van der Waals surface area contributed by atoms with Crippen molar-refractivity contribution in [3.05, 3.63) is 0 Å². The fourth-order valence-electron chi connectivity index (χ4n) is 0. The van der Waals surface area contributed by atoms with Crippen LogP contribution in [0.25, 0.3) is 0 Å². The molecule has 0 aromatic rings. The van der Waals surface area contributed by atoms with E-state index in [1.54, 1.807) is 0 Å². The number of rotatable bonds is 0. The minimum absolute atomic E-state index is 0. The monoisotopic (exact) mass is 224 g/mol. The molecular formula is KO4Sb-2. The molecule has 0 radical (unpaired) electrons. The summed E-state index contributed by atoms with van der Waals surface area (Å²) in [6, 6.07) is 0. The van der Waals surface area contributed by atoms with Crippen LogP contribution < -0.4 is 61.5 Å². The Labute approximate surface area is 82.7 Å². The van der Waals surface area contributed by atoms with Crippen molar-refractivity contribution in [3.8, 4) is 0 Å². The topological polar surface area (TPSA) is 86.2 Å². The summed E-state index contributed by atoms with van der Waals surface area (Å²) in [7, 11) is 0. The molecule has 0 saturated heterocycles. The van der Waals surface area contributed by atoms with E-state index in [0.717, 1.165) is 0 Å². The van der Waals surface area contributed by atoms with E-state index in [1.165, 1.54) is 0 Å². The average Bonchev–Trinajstić information content (AvgIpc) is 0.722. The van der Waals surface area contributed by atoms with Crippen LogP contribution in [0.5, 0.6) is 0 Å². The molecule has 0 atom stereocenters. The zero-order chi connectivity index (χ0) is 4.50. The summed E-state index contributed by atoms with van der Waals surface area (Å²) in [5.74, 6) is 0. The molecule has 0 aromatic carbocycles. The molecule has 0 aliphatic rings. The maximum atomic E-state index is 8.64. The van der Waals surface area contributed by atoms with E-state index in [9.17, 15) is 0 Å². The molecule has 0 bridgehead atoms. The van der Waals surface area contributed by atoms with E-state index in [1.807, 2.05) is 0 Å². The third-order valence-corrected chi connectivity index (χ3v) is 0. The Hall–Kier alpha value is 2.13. The molecule has 0 N–H and O–H groups in total. The van der Waals surface area contributed by atoms with E-state index in [-0.39, 0.29) is 51.4 Å². The van der Waals surface area contributed by atoms with Gasteiger partial charge in [0.05, 0.1) is 0 Å². The van der Waals surface area contributed by atoms with Crippen LogP contribution in [0.4, 0.5) is 0 Å². The van der Waals surface area contributed by atoms with Gasteiger partial charge in [0.1, 0.15) is 0 Å². The van der Waals surface area contributed by atoms with Crippen LogP contribution in [-0.2, 0) is 3.02 Å². The fraction of sp³-hybridized carbons (Fsp3) is 0. The van der Waals surface area contributed by atoms with Crippen molar-refractivity contribution >= 4 is 20.1 Å². The molecule has 0 amide bonds. The molecule has 0 spiro atoms. The van der Waals surface area contributed by atoms with Crippen molar-refractivity contribution in [3.63, 3.8) is 0 Å². The van der Waals surface area contributed by atoms with E-state index >= 15 is 0 Å². The van der Waals surface area contributed by atoms with Gasteiger partial charge in [-0.15, -0.1) is 0 Å². The quantitative estimate of drug-likeness (QED) is 0.383. The molecule has 0 aliphatic heterocycles. The minimum atomic E-state index is -6.10. The maximum absolute atomic E-state index is 8.64. The van der Waals surface area contributed by atoms with Gasteiger partial charge in [0.2, 0.25) is 0 Å². The van der Waals surface area contributed by atoms with Gasteiger partial charge in [-0.3, -0.25) is 0 Å². The zero-order valence-electron chi connectivity index (χ0n) is 3.08. The van der Waals surface area contributed by atoms with Crippen molar-refractivity contribution < 1.29 is 64.6 Å². The van der Waals surface area contributed by atoms with Gasteiger partial charge in [0, 0.05) is 0 Å². The summed E-state index contributed by atoms with van der Waals surface area (Å²) in [6.45, 7) is 0. The van der Waals surface area contributed by atoms with E-state index < -0.39 is 20.1 Å². The second-order valence-electron chi connectivity index (χ2n) is 0.447. The van der Waals surface area contributed by atoms with E-state index in [2.05, 4.69) is 0 Å². The Kier molecular flexibility index (Phi) is 7.44. The van der Waals surface area contributed by atoms with Gasteiger partial charge in [-0.05, 0) is 0 Å². The van der Waals surface area contributed by atoms with Crippen LogP contribution in [0.3, 0.4) is 0 Å². The summed E-state index contributed by atoms with van der Waals surface area (Å²) < 4.78 is 34.6. The van der Waals surface area contributed by atoms with Crippen LogP contribution >= 0.6 is 0 Å². The number of hydrogen-bond acceptors (Lipinski definition) is 4. The van der Waals surface area contributed by atoms with E-state index in [0.29, 0.717) is 0 Å². The summed E-state index contributed by atoms with van der Waals surface area (Å²) in [5.41, 5.74) is 0. The molecule has 0 saturated carbocycles. The fourth-order valence-corrected chi connectivity index (χ4v) is 0. The zero-order valence-corrected chi connectivity index (χ0v) is 8.76. The summed E-state index contributed by atoms with van der Waals surface area (Å²) in [6.07, 6.45) is 0. The molecule has 0 aromatic heterocycles. The Morgan fingerprint density at radius 1 is 1.17 bits per heavy atom. The second-order valence-corrected chi connectivity index (χ2v) is 3.00. The Balaban J connectivity index is 0. The normalized spacial score (nSPS) is 9.83. The van der Waals surface area contributed by atoms with Gasteiger partial charge >= 0.3 is 84.6 Å². The molecule has 0 fully saturated rings. The molecule has 0 aliphatic carbocycles. The first-order valence-electron chi connectivity index (χ1n) is 0.730. The molecule has 0 heterocycles. The van der Waals surface area contributed by atoms with Crippen LogP contribution in [0.2, 0.25) is 0 Å². The third kappa shape index (κ3) is 35.5. The van der Waals surface area contributed by atoms with Crippen LogP contribution in [0.1, 0.15) is 0 Å². The van der Waals surface area contributed by atoms with Crippen LogP contribution in [0, 0.1) is 0 Å². The Morgan fingerprint density at radius 3 is 1.17 bits per heavy atom. The first kappa shape index (κ1) is 11.0. The Morgan fingerprint density at radius 2 is 1.17 bits per heavy atom. The molecule has 0 rings (SSSR count). The van der Waals surface area contributed by atoms with E-state index in [4.69, 9.17) is 13.2 Å². The third-order valence-electron chi connectivity index (χ3n) is 0. The van der Waals surface area contributed by atoms with Crippen molar-refractivity contribution in [2.75, 3.05) is 0 Å². The predicted molar refractivity (Wildman–Crippen MR) is 6.44 cm³/mol. The SMILES string of the molecule is [K+].[O]=[Sb]([O-])([O-])[O-]. The second kappa shape index (κ2) is 4.06. The first-order chi connectivity index (χ1) is 2.00. The van der Waals surface area contributed by atoms with Gasteiger partial charge < -0.3 is 0 Å². The van der Waals surface area contributed by atoms with Gasteiger partial charge in [-0.1, -0.05) is 0 Å². The van der Waals surface area contributed by atoms with Crippen molar-refractivity contribution in [1.82, 2.24) is 0 Å². The van der Waals surface area contributed by atoms with Gasteiger partial charge in [-0.25, -0.2) is 0 Å². The summed E-state index contributed by atoms with van der Waals surface area (Å²) >= 11 is -6.10. The predicted octanol–water partition coefficient (Wildman–Crippen LogP) is -7.06.